The summed E-state index contributed by atoms with van der Waals surface area (Å²) in [6.45, 7) is 7.85. The molecule has 4 nitrogen and oxygen atoms in total. The molecule has 2 aliphatic heterocycles. The average Bonchev–Trinajstić information content (AvgIpc) is 2.31. The van der Waals surface area contributed by atoms with E-state index in [4.69, 9.17) is 11.5 Å². The molecule has 0 radical (unpaired) electrons. The Labute approximate surface area is 98.9 Å². The topological polar surface area (TPSA) is 58.5 Å². The van der Waals surface area contributed by atoms with Crippen LogP contribution in [-0.2, 0) is 0 Å². The third-order valence-electron chi connectivity index (χ3n) is 4.34. The fraction of sp³-hybridized carbons (Fsp3) is 1.00. The van der Waals surface area contributed by atoms with Crippen LogP contribution in [0.15, 0.2) is 0 Å². The van der Waals surface area contributed by atoms with Gasteiger partial charge >= 0.3 is 0 Å². The number of nitrogens with two attached hydrogens (primary N) is 2. The van der Waals surface area contributed by atoms with Crippen molar-refractivity contribution < 1.29 is 0 Å². The Bertz CT molecular complexity index is 215. The summed E-state index contributed by atoms with van der Waals surface area (Å²) in [7, 11) is 0. The molecule has 2 saturated heterocycles. The molecule has 4 N–H and O–H groups in total. The Hall–Kier alpha value is -0.160. The first kappa shape index (κ1) is 12.3. The number of nitrogens with zero attached hydrogens (tertiary/aromatic N) is 2. The van der Waals surface area contributed by atoms with Crippen LogP contribution in [0.25, 0.3) is 0 Å². The lowest BCUT2D eigenvalue weighted by Gasteiger charge is -2.48. The van der Waals surface area contributed by atoms with Gasteiger partial charge in [-0.05, 0) is 32.2 Å². The van der Waals surface area contributed by atoms with Gasteiger partial charge in [-0.25, -0.2) is 0 Å². The highest BCUT2D eigenvalue weighted by atomic mass is 15.3. The van der Waals surface area contributed by atoms with Crippen molar-refractivity contribution in [3.05, 3.63) is 0 Å². The standard InChI is InChI=1S/C12H26N4/c1-2-15-9-5-12(14,6-10-15)16-7-3-11(13)4-8-16/h11H,2-10,13-14H2,1H3. The molecule has 94 valence electrons. The van der Waals surface area contributed by atoms with Crippen LogP contribution >= 0.6 is 0 Å². The Kier molecular flexibility index (Phi) is 3.85. The largest absolute Gasteiger partial charge is 0.328 e. The van der Waals surface area contributed by atoms with Crippen molar-refractivity contribution in [1.29, 1.82) is 0 Å². The molecule has 0 unspecified atom stereocenters. The quantitative estimate of drug-likeness (QED) is 0.705. The van der Waals surface area contributed by atoms with E-state index in [0.717, 1.165) is 58.4 Å². The van der Waals surface area contributed by atoms with E-state index in [2.05, 4.69) is 16.7 Å². The third-order valence-corrected chi connectivity index (χ3v) is 4.34. The third kappa shape index (κ3) is 2.56. The fourth-order valence-electron chi connectivity index (χ4n) is 2.92. The summed E-state index contributed by atoms with van der Waals surface area (Å²) in [5.74, 6) is 0. The zero-order valence-electron chi connectivity index (χ0n) is 10.5. The van der Waals surface area contributed by atoms with Crippen LogP contribution in [-0.4, -0.2) is 54.2 Å². The van der Waals surface area contributed by atoms with E-state index in [-0.39, 0.29) is 5.66 Å². The molecule has 2 aliphatic rings. The Morgan fingerprint density at radius 3 is 2.19 bits per heavy atom. The van der Waals surface area contributed by atoms with Crippen molar-refractivity contribution in [2.24, 2.45) is 11.5 Å². The molecule has 4 heteroatoms. The van der Waals surface area contributed by atoms with E-state index >= 15 is 0 Å². The van der Waals surface area contributed by atoms with Gasteiger partial charge in [0, 0.05) is 32.2 Å². The van der Waals surface area contributed by atoms with E-state index < -0.39 is 0 Å². The highest BCUT2D eigenvalue weighted by Gasteiger charge is 2.37. The zero-order chi connectivity index (χ0) is 11.6. The maximum Gasteiger partial charge on any atom is 0.0711 e. The molecule has 2 fully saturated rings. The molecule has 0 aromatic carbocycles. The van der Waals surface area contributed by atoms with Gasteiger partial charge in [0.1, 0.15) is 0 Å². The number of hydrogen-bond acceptors (Lipinski definition) is 4. The van der Waals surface area contributed by atoms with E-state index in [1.807, 2.05) is 0 Å². The SMILES string of the molecule is CCN1CCC(N)(N2CCC(N)CC2)CC1. The van der Waals surface area contributed by atoms with E-state index in [1.165, 1.54) is 0 Å². The van der Waals surface area contributed by atoms with Crippen LogP contribution in [0.4, 0.5) is 0 Å². The molecule has 0 aromatic heterocycles. The van der Waals surface area contributed by atoms with Crippen LogP contribution in [0.2, 0.25) is 0 Å². The van der Waals surface area contributed by atoms with Crippen LogP contribution in [0, 0.1) is 0 Å². The maximum atomic E-state index is 6.55. The van der Waals surface area contributed by atoms with Crippen molar-refractivity contribution in [2.75, 3.05) is 32.7 Å². The van der Waals surface area contributed by atoms with Gasteiger partial charge in [-0.1, -0.05) is 6.92 Å². The summed E-state index contributed by atoms with van der Waals surface area (Å²) in [5.41, 5.74) is 12.4. The molecule has 0 aromatic rings. The van der Waals surface area contributed by atoms with Crippen molar-refractivity contribution in [3.63, 3.8) is 0 Å². The molecule has 0 aliphatic carbocycles. The van der Waals surface area contributed by atoms with Crippen LogP contribution in [0.3, 0.4) is 0 Å². The normalized spacial score (nSPS) is 29.4. The van der Waals surface area contributed by atoms with Crippen molar-refractivity contribution in [1.82, 2.24) is 9.80 Å². The molecule has 0 saturated carbocycles. The minimum Gasteiger partial charge on any atom is -0.328 e. The van der Waals surface area contributed by atoms with Gasteiger partial charge in [0.2, 0.25) is 0 Å². The molecule has 0 amide bonds. The lowest BCUT2D eigenvalue weighted by atomic mass is 9.92. The number of likely N-dealkylation sites (tertiary alicyclic amines) is 2. The molecule has 0 spiro atoms. The second-order valence-electron chi connectivity index (χ2n) is 5.36. The number of piperidine rings is 2. The number of rotatable bonds is 2. The molecular formula is C12H26N4. The first-order valence-corrected chi connectivity index (χ1v) is 6.66. The van der Waals surface area contributed by atoms with Gasteiger partial charge in [0.25, 0.3) is 0 Å². The summed E-state index contributed by atoms with van der Waals surface area (Å²) in [6, 6.07) is 0.399. The summed E-state index contributed by atoms with van der Waals surface area (Å²) in [4.78, 5) is 4.96. The van der Waals surface area contributed by atoms with Gasteiger partial charge < -0.3 is 16.4 Å². The molecule has 0 bridgehead atoms. The van der Waals surface area contributed by atoms with Crippen LogP contribution in [0.5, 0.6) is 0 Å². The lowest BCUT2D eigenvalue weighted by Crippen LogP contribution is -2.63. The lowest BCUT2D eigenvalue weighted by molar-refractivity contribution is 0.0107. The zero-order valence-corrected chi connectivity index (χ0v) is 10.5. The monoisotopic (exact) mass is 226 g/mol. The van der Waals surface area contributed by atoms with E-state index in [0.29, 0.717) is 6.04 Å². The molecule has 2 heterocycles. The predicted octanol–water partition coefficient (Wildman–Crippen LogP) is 0.180. The highest BCUT2D eigenvalue weighted by molar-refractivity contribution is 4.92. The van der Waals surface area contributed by atoms with Crippen molar-refractivity contribution in [3.8, 4) is 0 Å². The van der Waals surface area contributed by atoms with Gasteiger partial charge in [-0.3, -0.25) is 4.90 Å². The molecular weight excluding hydrogens is 200 g/mol. The van der Waals surface area contributed by atoms with Gasteiger partial charge in [-0.15, -0.1) is 0 Å². The van der Waals surface area contributed by atoms with Gasteiger partial charge in [0.05, 0.1) is 5.66 Å². The fourth-order valence-corrected chi connectivity index (χ4v) is 2.92. The summed E-state index contributed by atoms with van der Waals surface area (Å²) in [5, 5.41) is 0. The summed E-state index contributed by atoms with van der Waals surface area (Å²) in [6.07, 6.45) is 4.43. The van der Waals surface area contributed by atoms with Crippen molar-refractivity contribution >= 4 is 0 Å². The minimum absolute atomic E-state index is 0.0498. The van der Waals surface area contributed by atoms with Crippen molar-refractivity contribution in [2.45, 2.75) is 44.3 Å². The predicted molar refractivity (Wildman–Crippen MR) is 67.0 cm³/mol. The average molecular weight is 226 g/mol. The second kappa shape index (κ2) is 5.00. The highest BCUT2D eigenvalue weighted by Crippen LogP contribution is 2.26. The first-order chi connectivity index (χ1) is 7.64. The molecule has 0 atom stereocenters. The van der Waals surface area contributed by atoms with Gasteiger partial charge in [0.15, 0.2) is 0 Å². The Morgan fingerprint density at radius 2 is 1.69 bits per heavy atom. The summed E-state index contributed by atoms with van der Waals surface area (Å²) < 4.78 is 0. The molecule has 2 rings (SSSR count). The maximum absolute atomic E-state index is 6.55. The van der Waals surface area contributed by atoms with Crippen LogP contribution < -0.4 is 11.5 Å². The second-order valence-corrected chi connectivity index (χ2v) is 5.36. The van der Waals surface area contributed by atoms with Crippen LogP contribution in [0.1, 0.15) is 32.6 Å². The smallest absolute Gasteiger partial charge is 0.0711 e. The van der Waals surface area contributed by atoms with E-state index in [9.17, 15) is 0 Å². The van der Waals surface area contributed by atoms with E-state index in [1.54, 1.807) is 0 Å². The summed E-state index contributed by atoms with van der Waals surface area (Å²) >= 11 is 0. The Balaban J connectivity index is 1.88. The Morgan fingerprint density at radius 1 is 1.12 bits per heavy atom. The molecule has 16 heavy (non-hydrogen) atoms. The minimum atomic E-state index is -0.0498. The van der Waals surface area contributed by atoms with Gasteiger partial charge in [-0.2, -0.15) is 0 Å². The number of hydrogen-bond donors (Lipinski definition) is 2. The first-order valence-electron chi connectivity index (χ1n) is 6.66.